The van der Waals surface area contributed by atoms with E-state index in [4.69, 9.17) is 14.9 Å². The minimum atomic E-state index is -0.514. The number of carbonyl (C=O) groups excluding carboxylic acids is 1. The number of nitrogens with zero attached hydrogens (tertiary/aromatic N) is 1. The van der Waals surface area contributed by atoms with Crippen LogP contribution in [0.5, 0.6) is 0 Å². The number of carbonyl (C=O) groups is 1. The zero-order valence-electron chi connectivity index (χ0n) is 13.9. The molecule has 6 nitrogen and oxygen atoms in total. The molecule has 0 unspecified atom stereocenters. The second kappa shape index (κ2) is 9.54. The van der Waals surface area contributed by atoms with E-state index in [-0.39, 0.29) is 30.7 Å². The first-order valence-electron chi connectivity index (χ1n) is 7.70. The Morgan fingerprint density at radius 1 is 1.36 bits per heavy atom. The fourth-order valence-electron chi connectivity index (χ4n) is 2.73. The minimum absolute atomic E-state index is 0. The van der Waals surface area contributed by atoms with Crippen molar-refractivity contribution in [3.63, 3.8) is 0 Å². The molecule has 3 rings (SSSR count). The summed E-state index contributed by atoms with van der Waals surface area (Å²) < 4.78 is 11.1. The number of rotatable bonds is 5. The predicted molar refractivity (Wildman–Crippen MR) is 102 cm³/mol. The van der Waals surface area contributed by atoms with Crippen molar-refractivity contribution in [2.45, 2.75) is 26.3 Å². The van der Waals surface area contributed by atoms with Crippen LogP contribution in [0.4, 0.5) is 0 Å². The third kappa shape index (κ3) is 4.95. The van der Waals surface area contributed by atoms with Crippen molar-refractivity contribution in [1.29, 1.82) is 0 Å². The number of ether oxygens (including phenoxy) is 1. The van der Waals surface area contributed by atoms with Crippen LogP contribution in [0.1, 0.15) is 23.6 Å². The summed E-state index contributed by atoms with van der Waals surface area (Å²) in [5, 5.41) is 5.90. The number of amides is 1. The summed E-state index contributed by atoms with van der Waals surface area (Å²) in [7, 11) is 0. The SMILES string of the molecule is Cc1nc(-c2ccc(CNC(=O)C3(CN)CCOCC3)o2)cs1.Cl.Cl. The van der Waals surface area contributed by atoms with Crippen LogP contribution >= 0.6 is 36.2 Å². The van der Waals surface area contributed by atoms with Crippen molar-refractivity contribution in [1.82, 2.24) is 10.3 Å². The maximum atomic E-state index is 12.5. The summed E-state index contributed by atoms with van der Waals surface area (Å²) in [5.41, 5.74) is 6.16. The Balaban J connectivity index is 0.00000156. The molecule has 9 heteroatoms. The Bertz CT molecular complexity index is 684. The Hall–Kier alpha value is -1.12. The first-order valence-corrected chi connectivity index (χ1v) is 8.58. The van der Waals surface area contributed by atoms with Crippen LogP contribution in [0, 0.1) is 12.3 Å². The number of aryl methyl sites for hydroxylation is 1. The third-order valence-corrected chi connectivity index (χ3v) is 5.05. The Morgan fingerprint density at radius 2 is 2.08 bits per heavy atom. The average Bonchev–Trinajstić information content (AvgIpc) is 3.22. The molecule has 1 aliphatic heterocycles. The third-order valence-electron chi connectivity index (χ3n) is 4.28. The Morgan fingerprint density at radius 3 is 2.68 bits per heavy atom. The van der Waals surface area contributed by atoms with Gasteiger partial charge in [0.15, 0.2) is 5.76 Å². The molecule has 0 spiro atoms. The van der Waals surface area contributed by atoms with Gasteiger partial charge in [-0.3, -0.25) is 4.79 Å². The lowest BCUT2D eigenvalue weighted by Gasteiger charge is -2.34. The highest BCUT2D eigenvalue weighted by Gasteiger charge is 2.38. The fraction of sp³-hybridized carbons (Fsp3) is 0.500. The van der Waals surface area contributed by atoms with Crippen LogP contribution in [0.2, 0.25) is 0 Å². The largest absolute Gasteiger partial charge is 0.458 e. The maximum absolute atomic E-state index is 12.5. The molecule has 1 saturated heterocycles. The number of hydrogen-bond donors (Lipinski definition) is 2. The monoisotopic (exact) mass is 407 g/mol. The van der Waals surface area contributed by atoms with Gasteiger partial charge in [0.05, 0.1) is 17.0 Å². The van der Waals surface area contributed by atoms with Gasteiger partial charge in [0.2, 0.25) is 5.91 Å². The number of hydrogen-bond acceptors (Lipinski definition) is 6. The molecule has 0 radical (unpaired) electrons. The minimum Gasteiger partial charge on any atom is -0.458 e. The van der Waals surface area contributed by atoms with E-state index < -0.39 is 5.41 Å². The van der Waals surface area contributed by atoms with Gasteiger partial charge in [0, 0.05) is 25.1 Å². The highest BCUT2D eigenvalue weighted by Crippen LogP contribution is 2.30. The summed E-state index contributed by atoms with van der Waals surface area (Å²) >= 11 is 1.58. The van der Waals surface area contributed by atoms with E-state index in [0.29, 0.717) is 44.9 Å². The van der Waals surface area contributed by atoms with Gasteiger partial charge in [0.25, 0.3) is 0 Å². The van der Waals surface area contributed by atoms with Gasteiger partial charge in [0.1, 0.15) is 11.5 Å². The van der Waals surface area contributed by atoms with E-state index in [9.17, 15) is 4.79 Å². The number of aromatic nitrogens is 1. The van der Waals surface area contributed by atoms with Gasteiger partial charge in [-0.05, 0) is 31.9 Å². The summed E-state index contributed by atoms with van der Waals surface area (Å²) in [6.45, 7) is 3.81. The quantitative estimate of drug-likeness (QED) is 0.794. The van der Waals surface area contributed by atoms with E-state index in [1.165, 1.54) is 0 Å². The molecule has 0 aliphatic carbocycles. The second-order valence-corrected chi connectivity index (χ2v) is 6.86. The van der Waals surface area contributed by atoms with E-state index in [1.54, 1.807) is 11.3 Å². The zero-order chi connectivity index (χ0) is 16.3. The van der Waals surface area contributed by atoms with Crippen molar-refractivity contribution >= 4 is 42.1 Å². The first-order chi connectivity index (χ1) is 11.1. The van der Waals surface area contributed by atoms with Crippen LogP contribution in [0.3, 0.4) is 0 Å². The molecule has 3 N–H and O–H groups in total. The van der Waals surface area contributed by atoms with Crippen molar-refractivity contribution in [3.05, 3.63) is 28.3 Å². The lowest BCUT2D eigenvalue weighted by molar-refractivity contribution is -0.136. The number of furan rings is 1. The van der Waals surface area contributed by atoms with Crippen LogP contribution in [-0.2, 0) is 16.1 Å². The summed E-state index contributed by atoms with van der Waals surface area (Å²) in [4.78, 5) is 16.9. The van der Waals surface area contributed by atoms with E-state index in [1.807, 2.05) is 24.4 Å². The van der Waals surface area contributed by atoms with E-state index >= 15 is 0 Å². The van der Waals surface area contributed by atoms with Crippen LogP contribution in [0.15, 0.2) is 21.9 Å². The first kappa shape index (κ1) is 21.9. The molecule has 0 aromatic carbocycles. The molecule has 1 fully saturated rings. The van der Waals surface area contributed by atoms with Crippen molar-refractivity contribution in [2.75, 3.05) is 19.8 Å². The molecule has 1 aliphatic rings. The topological polar surface area (TPSA) is 90.4 Å². The summed E-state index contributed by atoms with van der Waals surface area (Å²) in [5.74, 6) is 1.40. The molecule has 25 heavy (non-hydrogen) atoms. The molecule has 2 aromatic heterocycles. The summed E-state index contributed by atoms with van der Waals surface area (Å²) in [6.07, 6.45) is 1.33. The number of halogens is 2. The molecular formula is C16H23Cl2N3O3S. The standard InChI is InChI=1S/C16H21N3O3S.2ClH/c1-11-19-13(9-23-11)14-3-2-12(22-14)8-18-15(20)16(10-17)4-6-21-7-5-16;;/h2-3,9H,4-8,10,17H2,1H3,(H,18,20);2*1H. The molecule has 140 valence electrons. The van der Waals surface area contributed by atoms with Gasteiger partial charge in [-0.15, -0.1) is 36.2 Å². The van der Waals surface area contributed by atoms with E-state index in [0.717, 1.165) is 16.5 Å². The number of nitrogens with one attached hydrogen (secondary N) is 1. The Labute approximate surface area is 163 Å². The molecule has 1 amide bonds. The number of thiazole rings is 1. The molecule has 0 saturated carbocycles. The smallest absolute Gasteiger partial charge is 0.228 e. The van der Waals surface area contributed by atoms with Gasteiger partial charge in [-0.2, -0.15) is 0 Å². The van der Waals surface area contributed by atoms with Crippen molar-refractivity contribution in [2.24, 2.45) is 11.1 Å². The van der Waals surface area contributed by atoms with Crippen LogP contribution in [-0.4, -0.2) is 30.6 Å². The van der Waals surface area contributed by atoms with Crippen molar-refractivity contribution in [3.8, 4) is 11.5 Å². The summed E-state index contributed by atoms with van der Waals surface area (Å²) in [6, 6.07) is 3.74. The second-order valence-electron chi connectivity index (χ2n) is 5.80. The maximum Gasteiger partial charge on any atom is 0.228 e. The van der Waals surface area contributed by atoms with Gasteiger partial charge < -0.3 is 20.2 Å². The average molecular weight is 408 g/mol. The van der Waals surface area contributed by atoms with Crippen molar-refractivity contribution < 1.29 is 13.9 Å². The van der Waals surface area contributed by atoms with Gasteiger partial charge >= 0.3 is 0 Å². The normalized spacial score (nSPS) is 15.8. The molecule has 0 atom stereocenters. The predicted octanol–water partition coefficient (Wildman–Crippen LogP) is 2.93. The molecule has 3 heterocycles. The van der Waals surface area contributed by atoms with E-state index in [2.05, 4.69) is 10.3 Å². The van der Waals surface area contributed by atoms with Gasteiger partial charge in [-0.25, -0.2) is 4.98 Å². The molecular weight excluding hydrogens is 385 g/mol. The van der Waals surface area contributed by atoms with Crippen LogP contribution in [0.25, 0.3) is 11.5 Å². The highest BCUT2D eigenvalue weighted by atomic mass is 35.5. The molecule has 0 bridgehead atoms. The lowest BCUT2D eigenvalue weighted by atomic mass is 9.79. The Kier molecular flexibility index (Phi) is 8.37. The fourth-order valence-corrected chi connectivity index (χ4v) is 3.33. The highest BCUT2D eigenvalue weighted by molar-refractivity contribution is 7.09. The zero-order valence-corrected chi connectivity index (χ0v) is 16.4. The lowest BCUT2D eigenvalue weighted by Crippen LogP contribution is -2.48. The number of nitrogens with two attached hydrogens (primary N) is 1. The van der Waals surface area contributed by atoms with Crippen LogP contribution < -0.4 is 11.1 Å². The molecule has 2 aromatic rings. The van der Waals surface area contributed by atoms with Gasteiger partial charge in [-0.1, -0.05) is 0 Å².